The second-order valence-electron chi connectivity index (χ2n) is 6.90. The highest BCUT2D eigenvalue weighted by Gasteiger charge is 2.53. The van der Waals surface area contributed by atoms with Gasteiger partial charge in [0.1, 0.15) is 11.5 Å². The van der Waals surface area contributed by atoms with Gasteiger partial charge in [-0.1, -0.05) is 46.6 Å². The Labute approximate surface area is 177 Å². The van der Waals surface area contributed by atoms with Crippen LogP contribution in [0.3, 0.4) is 0 Å². The van der Waals surface area contributed by atoms with E-state index in [9.17, 15) is 8.42 Å². The molecule has 1 saturated heterocycles. The van der Waals surface area contributed by atoms with Crippen molar-refractivity contribution in [3.8, 4) is 0 Å². The van der Waals surface area contributed by atoms with E-state index in [2.05, 4.69) is 16.0 Å². The molecule has 0 amide bonds. The Morgan fingerprint density at radius 3 is 2.76 bits per heavy atom. The van der Waals surface area contributed by atoms with E-state index in [1.165, 1.54) is 16.1 Å². The van der Waals surface area contributed by atoms with E-state index in [1.54, 1.807) is 12.1 Å². The lowest BCUT2D eigenvalue weighted by Gasteiger charge is -2.32. The molecule has 1 unspecified atom stereocenters. The summed E-state index contributed by atoms with van der Waals surface area (Å²) in [7, 11) is -4.21. The maximum atomic E-state index is 14.0. The van der Waals surface area contributed by atoms with Crippen LogP contribution >= 0.6 is 23.2 Å². The number of hydrogen-bond acceptors (Lipinski definition) is 7. The predicted molar refractivity (Wildman–Crippen MR) is 114 cm³/mol. The molecule has 1 atom stereocenters. The third kappa shape index (κ3) is 2.68. The molecule has 0 bridgehead atoms. The summed E-state index contributed by atoms with van der Waals surface area (Å²) in [6.07, 6.45) is 2.78. The molecule has 3 heterocycles. The Kier molecular flexibility index (Phi) is 4.32. The van der Waals surface area contributed by atoms with Crippen molar-refractivity contribution in [2.75, 3.05) is 31.1 Å². The van der Waals surface area contributed by atoms with E-state index in [4.69, 9.17) is 28.1 Å². The summed E-state index contributed by atoms with van der Waals surface area (Å²) >= 11 is 12.9. The van der Waals surface area contributed by atoms with Crippen LogP contribution in [-0.2, 0) is 15.0 Å². The van der Waals surface area contributed by atoms with Gasteiger partial charge in [0.25, 0.3) is 10.0 Å². The van der Waals surface area contributed by atoms with Gasteiger partial charge in [-0.3, -0.25) is 4.94 Å². The second-order valence-corrected chi connectivity index (χ2v) is 10.1. The first kappa shape index (κ1) is 18.8. The standard InChI is InChI=1S/C18H17Cl2N5O3S/c19-13-5-6-18(20,17-16(13)22-28-23-17)29(26,27)25-14-4-2-1-3-12(14)11-15(25)24-9-7-21-8-10-24/h1-6,11,21-22H,7-10H2. The van der Waals surface area contributed by atoms with Gasteiger partial charge in [0.05, 0.1) is 10.5 Å². The van der Waals surface area contributed by atoms with Crippen molar-refractivity contribution in [3.63, 3.8) is 0 Å². The smallest absolute Gasteiger partial charge is 0.270 e. The Morgan fingerprint density at radius 1 is 1.21 bits per heavy atom. The number of alkyl halides is 1. The molecular formula is C18H17Cl2N5O3S. The number of benzene rings is 1. The minimum absolute atomic E-state index is 0.00992. The summed E-state index contributed by atoms with van der Waals surface area (Å²) in [6.45, 7) is 2.89. The number of nitrogens with zero attached hydrogens (tertiary/aromatic N) is 3. The molecule has 11 heteroatoms. The number of aromatic nitrogens is 1. The number of fused-ring (bicyclic) bond motifs is 2. The van der Waals surface area contributed by atoms with Gasteiger partial charge in [0.2, 0.25) is 4.21 Å². The molecule has 0 spiro atoms. The van der Waals surface area contributed by atoms with Crippen molar-refractivity contribution < 1.29 is 13.4 Å². The molecule has 2 aliphatic heterocycles. The van der Waals surface area contributed by atoms with Crippen molar-refractivity contribution >= 4 is 55.7 Å². The first-order valence-corrected chi connectivity index (χ1v) is 11.2. The van der Waals surface area contributed by atoms with Crippen LogP contribution in [0.2, 0.25) is 0 Å². The van der Waals surface area contributed by atoms with Gasteiger partial charge in [0, 0.05) is 31.6 Å². The number of hydroxylamine groups is 1. The Hall–Kier alpha value is -2.20. The van der Waals surface area contributed by atoms with Crippen LogP contribution in [0.15, 0.2) is 58.4 Å². The van der Waals surface area contributed by atoms with Crippen LogP contribution in [0.1, 0.15) is 0 Å². The average Bonchev–Trinajstić information content (AvgIpc) is 3.37. The zero-order valence-corrected chi connectivity index (χ0v) is 17.4. The Morgan fingerprint density at radius 2 is 1.97 bits per heavy atom. The fourth-order valence-corrected chi connectivity index (χ4v) is 6.09. The summed E-state index contributed by atoms with van der Waals surface area (Å²) in [5, 5.41) is 8.18. The van der Waals surface area contributed by atoms with Gasteiger partial charge in [-0.15, -0.1) is 0 Å². The maximum Gasteiger partial charge on any atom is 0.270 e. The SMILES string of the molecule is O=S(=O)(n1c(N2CCNCC2)cc2ccccc21)C1(Cl)C=CC(Cl)=C2NON=C21. The van der Waals surface area contributed by atoms with Gasteiger partial charge in [-0.25, -0.2) is 12.4 Å². The van der Waals surface area contributed by atoms with Gasteiger partial charge in [-0.05, 0) is 24.3 Å². The largest absolute Gasteiger partial charge is 0.355 e. The number of para-hydroxylation sites is 1. The van der Waals surface area contributed by atoms with E-state index in [-0.39, 0.29) is 16.4 Å². The average molecular weight is 454 g/mol. The third-order valence-electron chi connectivity index (χ3n) is 5.23. The van der Waals surface area contributed by atoms with E-state index in [0.29, 0.717) is 24.4 Å². The number of piperazine rings is 1. The minimum Gasteiger partial charge on any atom is -0.355 e. The predicted octanol–water partition coefficient (Wildman–Crippen LogP) is 2.07. The molecule has 2 aromatic rings. The van der Waals surface area contributed by atoms with Crippen molar-refractivity contribution in [1.29, 1.82) is 0 Å². The van der Waals surface area contributed by atoms with Crippen molar-refractivity contribution in [1.82, 2.24) is 14.8 Å². The first-order valence-electron chi connectivity index (χ1n) is 9.03. The number of hydrogen-bond donors (Lipinski definition) is 2. The molecule has 2 N–H and O–H groups in total. The van der Waals surface area contributed by atoms with Gasteiger partial charge in [-0.2, -0.15) is 5.48 Å². The normalized spacial score (nSPS) is 24.3. The topological polar surface area (TPSA) is 88.0 Å². The van der Waals surface area contributed by atoms with Crippen LogP contribution in [0.4, 0.5) is 5.82 Å². The number of oxime groups is 1. The zero-order chi connectivity index (χ0) is 20.2. The summed E-state index contributed by atoms with van der Waals surface area (Å²) < 4.78 is 27.3. The fraction of sp³-hybridized carbons (Fsp3) is 0.278. The van der Waals surface area contributed by atoms with Crippen LogP contribution in [0, 0.1) is 0 Å². The zero-order valence-electron chi connectivity index (χ0n) is 15.1. The lowest BCUT2D eigenvalue weighted by Crippen LogP contribution is -2.48. The summed E-state index contributed by atoms with van der Waals surface area (Å²) in [5.41, 5.74) is 3.31. The molecule has 5 rings (SSSR count). The Balaban J connectivity index is 1.74. The van der Waals surface area contributed by atoms with E-state index in [0.717, 1.165) is 18.5 Å². The molecule has 0 radical (unpaired) electrons. The molecular weight excluding hydrogens is 437 g/mol. The quantitative estimate of drug-likeness (QED) is 0.691. The highest BCUT2D eigenvalue weighted by atomic mass is 35.5. The van der Waals surface area contributed by atoms with Crippen molar-refractivity contribution in [2.24, 2.45) is 5.16 Å². The highest BCUT2D eigenvalue weighted by molar-refractivity contribution is 7.94. The van der Waals surface area contributed by atoms with Gasteiger partial charge < -0.3 is 10.2 Å². The lowest BCUT2D eigenvalue weighted by atomic mass is 10.1. The number of halogens is 2. The molecule has 0 saturated carbocycles. The van der Waals surface area contributed by atoms with E-state index in [1.807, 2.05) is 23.1 Å². The second kappa shape index (κ2) is 6.66. The molecule has 152 valence electrons. The monoisotopic (exact) mass is 453 g/mol. The molecule has 1 aromatic heterocycles. The molecule has 8 nitrogen and oxygen atoms in total. The summed E-state index contributed by atoms with van der Waals surface area (Å²) in [4.78, 5) is 6.92. The summed E-state index contributed by atoms with van der Waals surface area (Å²) in [5.74, 6) is 0.566. The molecule has 1 aromatic carbocycles. The van der Waals surface area contributed by atoms with Crippen LogP contribution in [0.25, 0.3) is 10.9 Å². The fourth-order valence-electron chi connectivity index (χ4n) is 3.77. The van der Waals surface area contributed by atoms with Crippen molar-refractivity contribution in [2.45, 2.75) is 4.21 Å². The van der Waals surface area contributed by atoms with Crippen LogP contribution in [0.5, 0.6) is 0 Å². The third-order valence-corrected chi connectivity index (χ3v) is 8.38. The van der Waals surface area contributed by atoms with Crippen LogP contribution in [-0.4, -0.2) is 48.5 Å². The molecule has 1 fully saturated rings. The first-order chi connectivity index (χ1) is 13.9. The minimum atomic E-state index is -4.21. The summed E-state index contributed by atoms with van der Waals surface area (Å²) in [6, 6.07) is 9.19. The highest BCUT2D eigenvalue weighted by Crippen LogP contribution is 2.41. The van der Waals surface area contributed by atoms with Gasteiger partial charge >= 0.3 is 0 Å². The lowest BCUT2D eigenvalue weighted by molar-refractivity contribution is 0.0903. The number of rotatable bonds is 3. The Bertz CT molecular complexity index is 1200. The van der Waals surface area contributed by atoms with Gasteiger partial charge in [0.15, 0.2) is 5.71 Å². The van der Waals surface area contributed by atoms with E-state index >= 15 is 0 Å². The van der Waals surface area contributed by atoms with Crippen LogP contribution < -0.4 is 15.7 Å². The maximum absolute atomic E-state index is 14.0. The molecule has 1 aliphatic carbocycles. The van der Waals surface area contributed by atoms with E-state index < -0.39 is 14.2 Å². The van der Waals surface area contributed by atoms with Crippen molar-refractivity contribution in [3.05, 3.63) is 53.2 Å². The molecule has 3 aliphatic rings. The molecule has 29 heavy (non-hydrogen) atoms. The number of allylic oxidation sites excluding steroid dienone is 3. The number of nitrogens with one attached hydrogen (secondary N) is 2. The number of anilines is 1.